The number of carbonyl (C=O) groups excluding carboxylic acids is 1. The lowest BCUT2D eigenvalue weighted by atomic mass is 10.2. The molecule has 1 saturated heterocycles. The van der Waals surface area contributed by atoms with E-state index < -0.39 is 0 Å². The Morgan fingerprint density at radius 1 is 1.10 bits per heavy atom. The molecule has 2 aromatic rings. The summed E-state index contributed by atoms with van der Waals surface area (Å²) in [6.45, 7) is 13.7. The van der Waals surface area contributed by atoms with Crippen LogP contribution < -0.4 is 4.90 Å². The molecule has 1 aliphatic heterocycles. The third-order valence-corrected chi connectivity index (χ3v) is 5.38. The number of aromatic nitrogens is 2. The highest BCUT2D eigenvalue weighted by Crippen LogP contribution is 2.18. The average Bonchev–Trinajstić information content (AvgIpc) is 2.72. The summed E-state index contributed by atoms with van der Waals surface area (Å²) in [6, 6.07) is 12.3. The second-order valence-electron chi connectivity index (χ2n) is 8.04. The molecule has 1 fully saturated rings. The third kappa shape index (κ3) is 5.76. The molecule has 0 radical (unpaired) electrons. The summed E-state index contributed by atoms with van der Waals surface area (Å²) in [4.78, 5) is 28.6. The van der Waals surface area contributed by atoms with Gasteiger partial charge in [-0.3, -0.25) is 9.69 Å². The number of aryl methyl sites for hydroxylation is 1. The van der Waals surface area contributed by atoms with Crippen LogP contribution in [0, 0.1) is 6.92 Å². The van der Waals surface area contributed by atoms with Crippen molar-refractivity contribution in [2.75, 3.05) is 44.2 Å². The highest BCUT2D eigenvalue weighted by Gasteiger charge is 2.23. The number of benzene rings is 1. The number of anilines is 1. The molecular formula is C23H33N5O. The van der Waals surface area contributed by atoms with E-state index in [4.69, 9.17) is 4.98 Å². The number of hydrogen-bond acceptors (Lipinski definition) is 5. The molecule has 0 saturated carbocycles. The van der Waals surface area contributed by atoms with Gasteiger partial charge in [-0.25, -0.2) is 9.97 Å². The zero-order valence-electron chi connectivity index (χ0n) is 18.1. The fourth-order valence-corrected chi connectivity index (χ4v) is 3.60. The van der Waals surface area contributed by atoms with Crippen LogP contribution in [0.25, 0.3) is 0 Å². The highest BCUT2D eigenvalue weighted by molar-refractivity contribution is 5.78. The molecule has 0 aliphatic carbocycles. The number of carbonyl (C=O) groups is 1. The maximum Gasteiger partial charge on any atom is 0.237 e. The Bertz CT molecular complexity index is 800. The predicted molar refractivity (Wildman–Crippen MR) is 117 cm³/mol. The van der Waals surface area contributed by atoms with Crippen molar-refractivity contribution in [2.24, 2.45) is 0 Å². The van der Waals surface area contributed by atoms with Crippen molar-refractivity contribution < 1.29 is 4.79 Å². The quantitative estimate of drug-likeness (QED) is 0.721. The second-order valence-corrected chi connectivity index (χ2v) is 8.04. The van der Waals surface area contributed by atoms with Crippen LogP contribution in [0.1, 0.15) is 43.8 Å². The first-order chi connectivity index (χ1) is 14.0. The van der Waals surface area contributed by atoms with E-state index in [9.17, 15) is 4.79 Å². The normalized spacial score (nSPS) is 15.0. The van der Waals surface area contributed by atoms with Crippen molar-refractivity contribution in [1.82, 2.24) is 19.8 Å². The molecule has 0 atom stereocenters. The molecule has 6 heteroatoms. The van der Waals surface area contributed by atoms with Crippen molar-refractivity contribution in [3.8, 4) is 0 Å². The van der Waals surface area contributed by atoms with Crippen molar-refractivity contribution in [3.63, 3.8) is 0 Å². The van der Waals surface area contributed by atoms with Crippen LogP contribution in [-0.4, -0.2) is 64.9 Å². The summed E-state index contributed by atoms with van der Waals surface area (Å²) in [7, 11) is 0. The maximum absolute atomic E-state index is 12.8. The minimum Gasteiger partial charge on any atom is -0.354 e. The number of likely N-dealkylation sites (N-methyl/N-ethyl adjacent to an activating group) is 1. The zero-order chi connectivity index (χ0) is 20.8. The SMILES string of the molecule is CCN(Cc1ccccc1)C(=O)CN1CCN(c2cc(C)nc(C(C)C)n2)CC1. The van der Waals surface area contributed by atoms with Crippen molar-refractivity contribution in [1.29, 1.82) is 0 Å². The van der Waals surface area contributed by atoms with Crippen LogP contribution in [-0.2, 0) is 11.3 Å². The van der Waals surface area contributed by atoms with Gasteiger partial charge in [0.05, 0.1) is 6.54 Å². The van der Waals surface area contributed by atoms with Gasteiger partial charge < -0.3 is 9.80 Å². The molecule has 1 aromatic carbocycles. The summed E-state index contributed by atoms with van der Waals surface area (Å²) >= 11 is 0. The van der Waals surface area contributed by atoms with Crippen LogP contribution in [0.3, 0.4) is 0 Å². The van der Waals surface area contributed by atoms with Gasteiger partial charge in [-0.1, -0.05) is 44.2 Å². The molecule has 1 amide bonds. The standard InChI is InChI=1S/C23H33N5O/c1-5-27(16-20-9-7-6-8-10-20)22(29)17-26-11-13-28(14-12-26)21-15-19(4)24-23(25-21)18(2)3/h6-10,15,18H,5,11-14,16-17H2,1-4H3. The molecule has 0 N–H and O–H groups in total. The van der Waals surface area contributed by atoms with Crippen LogP contribution in [0.4, 0.5) is 5.82 Å². The largest absolute Gasteiger partial charge is 0.354 e. The van der Waals surface area contributed by atoms with Crippen LogP contribution in [0.2, 0.25) is 0 Å². The van der Waals surface area contributed by atoms with Gasteiger partial charge in [0.25, 0.3) is 0 Å². The molecule has 0 bridgehead atoms. The summed E-state index contributed by atoms with van der Waals surface area (Å²) in [5, 5.41) is 0. The smallest absolute Gasteiger partial charge is 0.237 e. The minimum atomic E-state index is 0.199. The average molecular weight is 396 g/mol. The second kappa shape index (κ2) is 9.83. The Labute approximate surface area is 174 Å². The lowest BCUT2D eigenvalue weighted by Crippen LogP contribution is -2.50. The lowest BCUT2D eigenvalue weighted by Gasteiger charge is -2.36. The number of hydrogen-bond donors (Lipinski definition) is 0. The van der Waals surface area contributed by atoms with E-state index in [1.54, 1.807) is 0 Å². The van der Waals surface area contributed by atoms with Gasteiger partial charge in [-0.05, 0) is 19.4 Å². The van der Waals surface area contributed by atoms with Gasteiger partial charge in [0.15, 0.2) is 0 Å². The molecular weight excluding hydrogens is 362 g/mol. The summed E-state index contributed by atoms with van der Waals surface area (Å²) in [5.74, 6) is 2.42. The minimum absolute atomic E-state index is 0.199. The van der Waals surface area contributed by atoms with Gasteiger partial charge in [0.2, 0.25) is 5.91 Å². The number of piperazine rings is 1. The van der Waals surface area contributed by atoms with Crippen molar-refractivity contribution >= 4 is 11.7 Å². The predicted octanol–water partition coefficient (Wildman–Crippen LogP) is 3.08. The molecule has 1 aliphatic rings. The van der Waals surface area contributed by atoms with Crippen LogP contribution in [0.5, 0.6) is 0 Å². The summed E-state index contributed by atoms with van der Waals surface area (Å²) < 4.78 is 0. The highest BCUT2D eigenvalue weighted by atomic mass is 16.2. The van der Waals surface area contributed by atoms with Crippen LogP contribution in [0.15, 0.2) is 36.4 Å². The molecule has 3 rings (SSSR count). The molecule has 6 nitrogen and oxygen atoms in total. The Morgan fingerprint density at radius 2 is 1.79 bits per heavy atom. The van der Waals surface area contributed by atoms with E-state index in [-0.39, 0.29) is 5.91 Å². The monoisotopic (exact) mass is 395 g/mol. The van der Waals surface area contributed by atoms with E-state index >= 15 is 0 Å². The van der Waals surface area contributed by atoms with E-state index in [1.165, 1.54) is 5.56 Å². The Morgan fingerprint density at radius 3 is 2.41 bits per heavy atom. The van der Waals surface area contributed by atoms with E-state index in [0.717, 1.165) is 50.1 Å². The van der Waals surface area contributed by atoms with Gasteiger partial charge in [-0.2, -0.15) is 0 Å². The van der Waals surface area contributed by atoms with Gasteiger partial charge in [0, 0.05) is 56.9 Å². The third-order valence-electron chi connectivity index (χ3n) is 5.38. The van der Waals surface area contributed by atoms with Gasteiger partial charge in [0.1, 0.15) is 11.6 Å². The Hall–Kier alpha value is -2.47. The summed E-state index contributed by atoms with van der Waals surface area (Å²) in [5.41, 5.74) is 2.18. The topological polar surface area (TPSA) is 52.6 Å². The number of nitrogens with zero attached hydrogens (tertiary/aromatic N) is 5. The number of amides is 1. The molecule has 2 heterocycles. The molecule has 156 valence electrons. The van der Waals surface area contributed by atoms with E-state index in [0.29, 0.717) is 19.0 Å². The van der Waals surface area contributed by atoms with Gasteiger partial charge >= 0.3 is 0 Å². The van der Waals surface area contributed by atoms with Gasteiger partial charge in [-0.15, -0.1) is 0 Å². The fourth-order valence-electron chi connectivity index (χ4n) is 3.60. The molecule has 1 aromatic heterocycles. The zero-order valence-corrected chi connectivity index (χ0v) is 18.1. The fraction of sp³-hybridized carbons (Fsp3) is 0.522. The van der Waals surface area contributed by atoms with E-state index in [1.807, 2.05) is 36.9 Å². The van der Waals surface area contributed by atoms with Crippen LogP contribution >= 0.6 is 0 Å². The first kappa shape index (κ1) is 21.2. The maximum atomic E-state index is 12.8. The summed E-state index contributed by atoms with van der Waals surface area (Å²) in [6.07, 6.45) is 0. The molecule has 29 heavy (non-hydrogen) atoms. The van der Waals surface area contributed by atoms with Crippen molar-refractivity contribution in [3.05, 3.63) is 53.5 Å². The first-order valence-electron chi connectivity index (χ1n) is 10.6. The molecule has 0 spiro atoms. The Balaban J connectivity index is 1.54. The lowest BCUT2D eigenvalue weighted by molar-refractivity contribution is -0.132. The first-order valence-corrected chi connectivity index (χ1v) is 10.6. The Kier molecular flexibility index (Phi) is 7.20. The van der Waals surface area contributed by atoms with E-state index in [2.05, 4.69) is 46.8 Å². The molecule has 0 unspecified atom stereocenters. The van der Waals surface area contributed by atoms with Crippen molar-refractivity contribution in [2.45, 2.75) is 40.2 Å². The number of rotatable bonds is 7.